The van der Waals surface area contributed by atoms with Gasteiger partial charge in [-0.05, 0) is 31.6 Å². The zero-order valence-electron chi connectivity index (χ0n) is 9.99. The molecule has 0 aliphatic heterocycles. The SMILES string of the molecule is C=C[C@@H](CCC(=C)C)[C@@H](C(=O)O)C(C)C. The number of hydrogen-bond acceptors (Lipinski definition) is 1. The molecule has 0 saturated carbocycles. The van der Waals surface area contributed by atoms with E-state index in [1.54, 1.807) is 6.08 Å². The number of rotatable bonds is 7. The third kappa shape index (κ3) is 4.82. The Morgan fingerprint density at radius 2 is 2.00 bits per heavy atom. The van der Waals surface area contributed by atoms with Crippen molar-refractivity contribution in [2.45, 2.75) is 33.6 Å². The molecule has 0 fully saturated rings. The Hall–Kier alpha value is -1.05. The van der Waals surface area contributed by atoms with E-state index in [0.29, 0.717) is 0 Å². The maximum atomic E-state index is 11.1. The summed E-state index contributed by atoms with van der Waals surface area (Å²) in [5, 5.41) is 9.14. The van der Waals surface area contributed by atoms with Crippen molar-refractivity contribution in [1.29, 1.82) is 0 Å². The minimum Gasteiger partial charge on any atom is -0.481 e. The lowest BCUT2D eigenvalue weighted by Gasteiger charge is -2.24. The second kappa shape index (κ2) is 6.44. The van der Waals surface area contributed by atoms with Crippen molar-refractivity contribution in [3.8, 4) is 0 Å². The topological polar surface area (TPSA) is 37.3 Å². The van der Waals surface area contributed by atoms with Gasteiger partial charge in [-0.3, -0.25) is 4.79 Å². The van der Waals surface area contributed by atoms with Crippen LogP contribution in [0.1, 0.15) is 33.6 Å². The van der Waals surface area contributed by atoms with Gasteiger partial charge in [0, 0.05) is 0 Å². The predicted octanol–water partition coefficient (Wildman–Crippen LogP) is 3.50. The van der Waals surface area contributed by atoms with Crippen LogP contribution in [-0.2, 0) is 4.79 Å². The largest absolute Gasteiger partial charge is 0.481 e. The molecule has 0 aromatic carbocycles. The average molecular weight is 210 g/mol. The maximum absolute atomic E-state index is 11.1. The van der Waals surface area contributed by atoms with E-state index in [9.17, 15) is 4.79 Å². The summed E-state index contributed by atoms with van der Waals surface area (Å²) in [5.74, 6) is -0.881. The van der Waals surface area contributed by atoms with Gasteiger partial charge in [0.25, 0.3) is 0 Å². The zero-order chi connectivity index (χ0) is 12.0. The van der Waals surface area contributed by atoms with Crippen molar-refractivity contribution in [3.05, 3.63) is 24.8 Å². The van der Waals surface area contributed by atoms with Crippen molar-refractivity contribution in [1.82, 2.24) is 0 Å². The summed E-state index contributed by atoms with van der Waals surface area (Å²) < 4.78 is 0. The van der Waals surface area contributed by atoms with Gasteiger partial charge >= 0.3 is 5.97 Å². The van der Waals surface area contributed by atoms with Gasteiger partial charge in [0.15, 0.2) is 0 Å². The van der Waals surface area contributed by atoms with E-state index in [-0.39, 0.29) is 17.8 Å². The van der Waals surface area contributed by atoms with Crippen molar-refractivity contribution in [3.63, 3.8) is 0 Å². The van der Waals surface area contributed by atoms with Crippen LogP contribution in [0.2, 0.25) is 0 Å². The molecule has 0 bridgehead atoms. The first kappa shape index (κ1) is 13.9. The Labute approximate surface area is 92.7 Å². The number of hydrogen-bond donors (Lipinski definition) is 1. The van der Waals surface area contributed by atoms with Gasteiger partial charge in [-0.15, -0.1) is 13.2 Å². The Morgan fingerprint density at radius 1 is 1.47 bits per heavy atom. The number of carbonyl (C=O) groups is 1. The van der Waals surface area contributed by atoms with E-state index in [0.717, 1.165) is 18.4 Å². The molecule has 0 radical (unpaired) electrons. The first-order valence-electron chi connectivity index (χ1n) is 5.39. The molecular weight excluding hydrogens is 188 g/mol. The zero-order valence-corrected chi connectivity index (χ0v) is 9.99. The van der Waals surface area contributed by atoms with E-state index < -0.39 is 5.97 Å². The molecule has 0 spiro atoms. The lowest BCUT2D eigenvalue weighted by atomic mass is 9.80. The van der Waals surface area contributed by atoms with Crippen LogP contribution in [0.25, 0.3) is 0 Å². The highest BCUT2D eigenvalue weighted by Crippen LogP contribution is 2.27. The van der Waals surface area contributed by atoms with Crippen LogP contribution in [-0.4, -0.2) is 11.1 Å². The van der Waals surface area contributed by atoms with Crippen molar-refractivity contribution in [2.24, 2.45) is 17.8 Å². The highest BCUT2D eigenvalue weighted by Gasteiger charge is 2.28. The van der Waals surface area contributed by atoms with Crippen LogP contribution in [0.4, 0.5) is 0 Å². The van der Waals surface area contributed by atoms with E-state index in [2.05, 4.69) is 13.2 Å². The molecule has 0 unspecified atom stereocenters. The van der Waals surface area contributed by atoms with Gasteiger partial charge in [0.05, 0.1) is 5.92 Å². The van der Waals surface area contributed by atoms with Gasteiger partial charge in [0.1, 0.15) is 0 Å². The highest BCUT2D eigenvalue weighted by atomic mass is 16.4. The Kier molecular flexibility index (Phi) is 5.99. The van der Waals surface area contributed by atoms with Crippen LogP contribution in [0.3, 0.4) is 0 Å². The molecule has 0 aliphatic rings. The normalized spacial score (nSPS) is 14.7. The number of allylic oxidation sites excluding steroid dienone is 2. The second-order valence-corrected chi connectivity index (χ2v) is 4.50. The summed E-state index contributed by atoms with van der Waals surface area (Å²) in [6.45, 7) is 13.4. The van der Waals surface area contributed by atoms with E-state index in [4.69, 9.17) is 5.11 Å². The average Bonchev–Trinajstić information content (AvgIpc) is 2.09. The van der Waals surface area contributed by atoms with Gasteiger partial charge in [-0.25, -0.2) is 0 Å². The third-order valence-corrected chi connectivity index (χ3v) is 2.67. The first-order valence-corrected chi connectivity index (χ1v) is 5.39. The monoisotopic (exact) mass is 210 g/mol. The molecule has 15 heavy (non-hydrogen) atoms. The molecule has 0 rings (SSSR count). The van der Waals surface area contributed by atoms with Crippen LogP contribution >= 0.6 is 0 Å². The minimum atomic E-state index is -0.725. The van der Waals surface area contributed by atoms with E-state index >= 15 is 0 Å². The van der Waals surface area contributed by atoms with E-state index in [1.165, 1.54) is 0 Å². The van der Waals surface area contributed by atoms with Crippen molar-refractivity contribution in [2.75, 3.05) is 0 Å². The van der Waals surface area contributed by atoms with Gasteiger partial charge in [-0.2, -0.15) is 0 Å². The third-order valence-electron chi connectivity index (χ3n) is 2.67. The van der Waals surface area contributed by atoms with Crippen LogP contribution < -0.4 is 0 Å². The first-order chi connectivity index (χ1) is 6.90. The summed E-state index contributed by atoms with van der Waals surface area (Å²) in [4.78, 5) is 11.1. The van der Waals surface area contributed by atoms with E-state index in [1.807, 2.05) is 20.8 Å². The quantitative estimate of drug-likeness (QED) is 0.653. The standard InChI is InChI=1S/C13H22O2/c1-6-11(8-7-9(2)3)12(10(4)5)13(14)15/h6,10-12H,1-2,7-8H2,3-5H3,(H,14,15)/t11-,12-/m0/s1. The fourth-order valence-corrected chi connectivity index (χ4v) is 1.82. The molecule has 0 aromatic heterocycles. The minimum absolute atomic E-state index is 0.0409. The summed E-state index contributed by atoms with van der Waals surface area (Å²) in [6, 6.07) is 0. The molecule has 1 N–H and O–H groups in total. The molecule has 2 atom stereocenters. The summed E-state index contributed by atoms with van der Waals surface area (Å²) in [7, 11) is 0. The maximum Gasteiger partial charge on any atom is 0.307 e. The molecule has 2 heteroatoms. The summed E-state index contributed by atoms with van der Waals surface area (Å²) in [6.07, 6.45) is 3.46. The number of aliphatic carboxylic acids is 1. The van der Waals surface area contributed by atoms with Crippen LogP contribution in [0.5, 0.6) is 0 Å². The highest BCUT2D eigenvalue weighted by molar-refractivity contribution is 5.71. The van der Waals surface area contributed by atoms with Crippen molar-refractivity contribution >= 4 is 5.97 Å². The summed E-state index contributed by atoms with van der Waals surface area (Å²) in [5.41, 5.74) is 1.09. The molecule has 2 nitrogen and oxygen atoms in total. The Balaban J connectivity index is 4.52. The lowest BCUT2D eigenvalue weighted by molar-refractivity contribution is -0.144. The molecule has 0 amide bonds. The smallest absolute Gasteiger partial charge is 0.307 e. The number of carboxylic acids is 1. The Morgan fingerprint density at radius 3 is 2.27 bits per heavy atom. The molecule has 86 valence electrons. The van der Waals surface area contributed by atoms with Crippen molar-refractivity contribution < 1.29 is 9.90 Å². The second-order valence-electron chi connectivity index (χ2n) is 4.50. The molecule has 0 saturated heterocycles. The fourth-order valence-electron chi connectivity index (χ4n) is 1.82. The molecular formula is C13H22O2. The van der Waals surface area contributed by atoms with Crippen LogP contribution in [0.15, 0.2) is 24.8 Å². The Bertz CT molecular complexity index is 241. The summed E-state index contributed by atoms with van der Waals surface area (Å²) >= 11 is 0. The van der Waals surface area contributed by atoms with Gasteiger partial charge in [0.2, 0.25) is 0 Å². The molecule has 0 aliphatic carbocycles. The lowest BCUT2D eigenvalue weighted by Crippen LogP contribution is -2.27. The molecule has 0 aromatic rings. The van der Waals surface area contributed by atoms with Gasteiger partial charge < -0.3 is 5.11 Å². The molecule has 0 heterocycles. The number of carboxylic acid groups (broad SMARTS) is 1. The predicted molar refractivity (Wildman–Crippen MR) is 63.7 cm³/mol. The fraction of sp³-hybridized carbons (Fsp3) is 0.615. The van der Waals surface area contributed by atoms with Crippen LogP contribution in [0, 0.1) is 17.8 Å². The van der Waals surface area contributed by atoms with Gasteiger partial charge in [-0.1, -0.05) is 25.5 Å².